The lowest BCUT2D eigenvalue weighted by molar-refractivity contribution is 0.105. The number of aromatic nitrogens is 2. The Balaban J connectivity index is 1.29. The number of allylic oxidation sites excluding steroid dienone is 3. The molecule has 0 saturated carbocycles. The molecule has 0 aliphatic carbocycles. The molecule has 0 amide bonds. The van der Waals surface area contributed by atoms with Crippen LogP contribution in [0.4, 0.5) is 4.39 Å². The first kappa shape index (κ1) is 29.9. The summed E-state index contributed by atoms with van der Waals surface area (Å²) in [6, 6.07) is 6.36. The molecule has 0 unspecified atom stereocenters. The Morgan fingerprint density at radius 3 is 2.80 bits per heavy atom. The van der Waals surface area contributed by atoms with Crippen LogP contribution in [-0.4, -0.2) is 75.6 Å². The van der Waals surface area contributed by atoms with Crippen LogP contribution in [0.15, 0.2) is 88.9 Å². The summed E-state index contributed by atoms with van der Waals surface area (Å²) < 4.78 is 24.9. The zero-order valence-electron chi connectivity index (χ0n) is 25.7. The number of benzene rings is 1. The highest BCUT2D eigenvalue weighted by atomic mass is 19.1. The average Bonchev–Trinajstić information content (AvgIpc) is 3.71. The molecule has 0 atom stereocenters. The van der Waals surface area contributed by atoms with Crippen LogP contribution >= 0.6 is 0 Å². The maximum absolute atomic E-state index is 16.4. The summed E-state index contributed by atoms with van der Waals surface area (Å²) in [5.74, 6) is 0.124. The van der Waals surface area contributed by atoms with E-state index in [1.54, 1.807) is 12.4 Å². The second-order valence-corrected chi connectivity index (χ2v) is 12.1. The molecule has 2 aromatic rings. The molecule has 3 saturated heterocycles. The van der Waals surface area contributed by atoms with Crippen molar-refractivity contribution in [2.45, 2.75) is 63.5 Å². The number of rotatable bonds is 9. The minimum atomic E-state index is -0.443. The predicted molar refractivity (Wildman–Crippen MR) is 176 cm³/mol. The fraction of sp³-hybridized carbons (Fsp3) is 0.429. The molecule has 0 bridgehead atoms. The second-order valence-electron chi connectivity index (χ2n) is 12.1. The third-order valence-electron chi connectivity index (χ3n) is 9.33. The summed E-state index contributed by atoms with van der Waals surface area (Å²) in [5, 5.41) is 0. The largest absolute Gasteiger partial charge is 0.461 e. The van der Waals surface area contributed by atoms with Gasteiger partial charge < -0.3 is 14.2 Å². The van der Waals surface area contributed by atoms with Crippen LogP contribution in [-0.2, 0) is 4.74 Å². The van der Waals surface area contributed by atoms with E-state index in [2.05, 4.69) is 37.5 Å². The van der Waals surface area contributed by atoms with Gasteiger partial charge in [0.05, 0.1) is 23.6 Å². The molecule has 0 radical (unpaired) electrons. The molecule has 6 rings (SSSR count). The van der Waals surface area contributed by atoms with E-state index in [9.17, 15) is 0 Å². The van der Waals surface area contributed by atoms with Crippen LogP contribution in [0.3, 0.4) is 0 Å². The Hall–Kier alpha value is -4.11. The van der Waals surface area contributed by atoms with Crippen molar-refractivity contribution in [1.82, 2.24) is 19.4 Å². The van der Waals surface area contributed by atoms with Crippen molar-refractivity contribution in [1.29, 1.82) is 0 Å². The first-order chi connectivity index (χ1) is 21.5. The summed E-state index contributed by atoms with van der Waals surface area (Å²) >= 11 is 0. The smallest absolute Gasteiger partial charge is 0.318 e. The molecule has 3 fully saturated rings. The second kappa shape index (κ2) is 13.3. The monoisotopic (exact) mass is 595 g/mol. The molecule has 9 heteroatoms. The third kappa shape index (κ3) is 6.24. The van der Waals surface area contributed by atoms with E-state index in [4.69, 9.17) is 14.7 Å². The maximum Gasteiger partial charge on any atom is 0.318 e. The molecule has 4 aliphatic rings. The van der Waals surface area contributed by atoms with Crippen molar-refractivity contribution in [3.05, 3.63) is 90.6 Å². The number of ether oxygens (including phenoxy) is 1. The number of nitrogens with zero attached hydrogens (tertiary/aromatic N) is 7. The SMILES string of the molecule is C=CC/C=C\c1cccc(C2=C(F)C(=NC(=NC(=C)N3CC(n4ccnc4)C3)OCC34CCCN3CCC4)CCC=N2)c1C. The Bertz CT molecular complexity index is 1520. The molecule has 44 heavy (non-hydrogen) atoms. The number of imidazole rings is 1. The molecule has 1 aromatic heterocycles. The highest BCUT2D eigenvalue weighted by Crippen LogP contribution is 2.39. The summed E-state index contributed by atoms with van der Waals surface area (Å²) in [6.45, 7) is 14.2. The van der Waals surface area contributed by atoms with Crippen molar-refractivity contribution < 1.29 is 9.13 Å². The van der Waals surface area contributed by atoms with Gasteiger partial charge in [0.2, 0.25) is 0 Å². The molecular weight excluding hydrogens is 553 g/mol. The molecule has 0 spiro atoms. The number of aliphatic imine (C=N–C) groups is 3. The van der Waals surface area contributed by atoms with Gasteiger partial charge in [-0.2, -0.15) is 9.98 Å². The fourth-order valence-corrected chi connectivity index (χ4v) is 6.72. The van der Waals surface area contributed by atoms with Gasteiger partial charge in [-0.05, 0) is 76.1 Å². The van der Waals surface area contributed by atoms with Crippen molar-refractivity contribution in [3.8, 4) is 0 Å². The van der Waals surface area contributed by atoms with Crippen LogP contribution in [0.1, 0.15) is 67.7 Å². The number of amidine groups is 1. The van der Waals surface area contributed by atoms with E-state index in [1.807, 2.05) is 55.9 Å². The van der Waals surface area contributed by atoms with E-state index in [0.717, 1.165) is 62.1 Å². The van der Waals surface area contributed by atoms with Crippen LogP contribution in [0.2, 0.25) is 0 Å². The lowest BCUT2D eigenvalue weighted by atomic mass is 9.95. The Labute approximate surface area is 259 Å². The first-order valence-electron chi connectivity index (χ1n) is 15.7. The standard InChI is InChI=1S/C35H42FN7O/c1-4-5-6-11-28-12-7-13-30(26(28)2)33-32(36)31(14-8-17-38-33)40-34(44-24-35-15-9-19-43(35)20-10-16-35)39-27(3)42-22-29(23-42)41-21-18-37-25-41/h4,6-7,11-13,17-18,21,25,29H,1,3,5,8-10,14-16,19-20,22-24H2,2H3/b11-6-,39-34?,40-31?. The van der Waals surface area contributed by atoms with Crippen LogP contribution < -0.4 is 0 Å². The average molecular weight is 596 g/mol. The van der Waals surface area contributed by atoms with Crippen molar-refractivity contribution in [2.24, 2.45) is 15.0 Å². The molecule has 4 aliphatic heterocycles. The zero-order chi connectivity index (χ0) is 30.5. The van der Waals surface area contributed by atoms with Crippen LogP contribution in [0.5, 0.6) is 0 Å². The van der Waals surface area contributed by atoms with Gasteiger partial charge in [0.25, 0.3) is 0 Å². The van der Waals surface area contributed by atoms with Crippen molar-refractivity contribution in [2.75, 3.05) is 32.8 Å². The molecule has 8 nitrogen and oxygen atoms in total. The summed E-state index contributed by atoms with van der Waals surface area (Å²) in [7, 11) is 0. The molecule has 0 N–H and O–H groups in total. The minimum Gasteiger partial charge on any atom is -0.461 e. The predicted octanol–water partition coefficient (Wildman–Crippen LogP) is 6.75. The van der Waals surface area contributed by atoms with Crippen LogP contribution in [0, 0.1) is 6.92 Å². The van der Waals surface area contributed by atoms with Gasteiger partial charge >= 0.3 is 6.02 Å². The lowest BCUT2D eigenvalue weighted by Gasteiger charge is -2.41. The molecular formula is C35H42FN7O. The summed E-state index contributed by atoms with van der Waals surface area (Å²) in [5.41, 5.74) is 3.32. The van der Waals surface area contributed by atoms with Gasteiger partial charge in [-0.25, -0.2) is 9.37 Å². The normalized spacial score (nSPS) is 21.6. The lowest BCUT2D eigenvalue weighted by Crippen LogP contribution is -2.46. The van der Waals surface area contributed by atoms with Gasteiger partial charge in [0, 0.05) is 37.3 Å². The summed E-state index contributed by atoms with van der Waals surface area (Å²) in [6.07, 6.45) is 19.6. The van der Waals surface area contributed by atoms with E-state index < -0.39 is 5.83 Å². The number of hydrogen-bond donors (Lipinski definition) is 0. The third-order valence-corrected chi connectivity index (χ3v) is 9.33. The van der Waals surface area contributed by atoms with Crippen molar-refractivity contribution in [3.63, 3.8) is 0 Å². The Kier molecular flexibility index (Phi) is 9.02. The number of hydrogen-bond acceptors (Lipinski definition) is 6. The van der Waals surface area contributed by atoms with E-state index in [-0.39, 0.29) is 17.3 Å². The van der Waals surface area contributed by atoms with Gasteiger partial charge in [-0.1, -0.05) is 43.0 Å². The van der Waals surface area contributed by atoms with E-state index >= 15 is 4.39 Å². The highest BCUT2D eigenvalue weighted by molar-refractivity contribution is 6.10. The number of halogens is 1. The maximum atomic E-state index is 16.4. The van der Waals surface area contributed by atoms with Gasteiger partial charge in [0.1, 0.15) is 18.1 Å². The zero-order valence-corrected chi connectivity index (χ0v) is 25.7. The van der Waals surface area contributed by atoms with Gasteiger partial charge in [0.15, 0.2) is 5.83 Å². The summed E-state index contributed by atoms with van der Waals surface area (Å²) in [4.78, 5) is 22.9. The molecule has 230 valence electrons. The van der Waals surface area contributed by atoms with E-state index in [1.165, 1.54) is 12.8 Å². The van der Waals surface area contributed by atoms with Crippen LogP contribution in [0.25, 0.3) is 11.8 Å². The van der Waals surface area contributed by atoms with Gasteiger partial charge in [-0.15, -0.1) is 6.58 Å². The fourth-order valence-electron chi connectivity index (χ4n) is 6.72. The Morgan fingerprint density at radius 1 is 1.23 bits per heavy atom. The molecule has 1 aromatic carbocycles. The minimum absolute atomic E-state index is 0.00827. The quantitative estimate of drug-likeness (QED) is 0.183. The topological polar surface area (TPSA) is 70.6 Å². The van der Waals surface area contributed by atoms with E-state index in [0.29, 0.717) is 37.0 Å². The van der Waals surface area contributed by atoms with Gasteiger partial charge in [-0.3, -0.25) is 9.89 Å². The van der Waals surface area contributed by atoms with Crippen molar-refractivity contribution >= 4 is 29.7 Å². The number of likely N-dealkylation sites (tertiary alicyclic amines) is 1. The Morgan fingerprint density at radius 2 is 2.05 bits per heavy atom. The highest BCUT2D eigenvalue weighted by Gasteiger charge is 2.45. The molecule has 5 heterocycles. The first-order valence-corrected chi connectivity index (χ1v) is 15.7. The number of fused-ring (bicyclic) bond motifs is 1.